The third-order valence-electron chi connectivity index (χ3n) is 3.50. The lowest BCUT2D eigenvalue weighted by atomic mass is 10.2. The maximum absolute atomic E-state index is 5.78. The minimum absolute atomic E-state index is 0.278. The Balaban J connectivity index is 1.71. The fraction of sp³-hybridized carbons (Fsp3) is 0.533. The van der Waals surface area contributed by atoms with E-state index in [1.165, 1.54) is 38.8 Å². The molecule has 5 heteroatoms. The largest absolute Gasteiger partial charge is 0.492 e. The molecule has 0 spiro atoms. The highest BCUT2D eigenvalue weighted by atomic mass is 32.1. The Hall–Kier alpha value is -1.33. The van der Waals surface area contributed by atoms with Crippen molar-refractivity contribution in [1.82, 2.24) is 4.90 Å². The van der Waals surface area contributed by atoms with Crippen LogP contribution in [0, 0.1) is 0 Å². The Labute approximate surface area is 126 Å². The number of hydrogen-bond acceptors (Lipinski definition) is 3. The molecule has 0 atom stereocenters. The summed E-state index contributed by atoms with van der Waals surface area (Å²) in [5.41, 5.74) is 6.31. The van der Waals surface area contributed by atoms with Crippen molar-refractivity contribution in [2.24, 2.45) is 5.73 Å². The minimum Gasteiger partial charge on any atom is -0.492 e. The number of nitrogens with two attached hydrogens (primary N) is 1. The molecule has 1 fully saturated rings. The van der Waals surface area contributed by atoms with Gasteiger partial charge in [0.25, 0.3) is 0 Å². The number of likely N-dealkylation sites (tertiary alicyclic amines) is 1. The molecule has 0 radical (unpaired) electrons. The van der Waals surface area contributed by atoms with E-state index in [9.17, 15) is 0 Å². The van der Waals surface area contributed by atoms with Gasteiger partial charge in [-0.1, -0.05) is 12.8 Å². The molecule has 0 aromatic heterocycles. The molecule has 0 unspecified atom stereocenters. The molecular weight excluding hydrogens is 270 g/mol. The molecule has 0 aliphatic carbocycles. The Kier molecular flexibility index (Phi) is 6.08. The van der Waals surface area contributed by atoms with E-state index in [0.717, 1.165) is 24.6 Å². The van der Waals surface area contributed by atoms with Crippen molar-refractivity contribution in [3.05, 3.63) is 24.3 Å². The second-order valence-corrected chi connectivity index (χ2v) is 5.56. The van der Waals surface area contributed by atoms with Gasteiger partial charge in [0.1, 0.15) is 12.4 Å². The van der Waals surface area contributed by atoms with E-state index in [1.807, 2.05) is 24.3 Å². The number of benzene rings is 1. The van der Waals surface area contributed by atoms with Crippen molar-refractivity contribution in [3.63, 3.8) is 0 Å². The van der Waals surface area contributed by atoms with Crippen molar-refractivity contribution < 1.29 is 4.74 Å². The summed E-state index contributed by atoms with van der Waals surface area (Å²) in [6.45, 7) is 4.16. The molecule has 1 aromatic rings. The average Bonchev–Trinajstić information content (AvgIpc) is 2.69. The summed E-state index contributed by atoms with van der Waals surface area (Å²) >= 11 is 4.79. The van der Waals surface area contributed by atoms with Crippen LogP contribution in [-0.2, 0) is 0 Å². The van der Waals surface area contributed by atoms with Crippen molar-refractivity contribution in [2.75, 3.05) is 31.6 Å². The standard InChI is InChI=1S/C15H23N3OS/c16-15(20)17-13-5-7-14(8-6-13)19-12-11-18-9-3-1-2-4-10-18/h5-8H,1-4,9-12H2,(H3,16,17,20). The van der Waals surface area contributed by atoms with Crippen molar-refractivity contribution in [2.45, 2.75) is 25.7 Å². The van der Waals surface area contributed by atoms with Gasteiger partial charge < -0.3 is 15.8 Å². The predicted molar refractivity (Wildman–Crippen MR) is 87.3 cm³/mol. The molecule has 0 amide bonds. The number of anilines is 1. The van der Waals surface area contributed by atoms with Gasteiger partial charge in [-0.3, -0.25) is 4.90 Å². The zero-order valence-electron chi connectivity index (χ0n) is 11.8. The lowest BCUT2D eigenvalue weighted by Crippen LogP contribution is -2.29. The third kappa shape index (κ3) is 5.35. The molecule has 1 aliphatic heterocycles. The molecule has 3 N–H and O–H groups in total. The molecule has 1 aromatic carbocycles. The Morgan fingerprint density at radius 3 is 2.40 bits per heavy atom. The number of rotatable bonds is 5. The molecule has 1 aliphatic rings. The van der Waals surface area contributed by atoms with Gasteiger partial charge in [0, 0.05) is 12.2 Å². The lowest BCUT2D eigenvalue weighted by molar-refractivity contribution is 0.214. The van der Waals surface area contributed by atoms with Gasteiger partial charge in [-0.05, 0) is 62.4 Å². The highest BCUT2D eigenvalue weighted by molar-refractivity contribution is 7.80. The van der Waals surface area contributed by atoms with Crippen LogP contribution >= 0.6 is 12.2 Å². The van der Waals surface area contributed by atoms with Crippen LogP contribution in [-0.4, -0.2) is 36.3 Å². The van der Waals surface area contributed by atoms with E-state index < -0.39 is 0 Å². The van der Waals surface area contributed by atoms with Crippen LogP contribution in [0.3, 0.4) is 0 Å². The summed E-state index contributed by atoms with van der Waals surface area (Å²) < 4.78 is 5.78. The van der Waals surface area contributed by atoms with E-state index >= 15 is 0 Å². The fourth-order valence-corrected chi connectivity index (χ4v) is 2.55. The van der Waals surface area contributed by atoms with Gasteiger partial charge >= 0.3 is 0 Å². The Morgan fingerprint density at radius 2 is 1.80 bits per heavy atom. The normalized spacial score (nSPS) is 16.4. The van der Waals surface area contributed by atoms with Crippen LogP contribution in [0.5, 0.6) is 5.75 Å². The number of thiocarbonyl (C=S) groups is 1. The second-order valence-electron chi connectivity index (χ2n) is 5.12. The number of ether oxygens (including phenoxy) is 1. The predicted octanol–water partition coefficient (Wildman–Crippen LogP) is 2.60. The van der Waals surface area contributed by atoms with E-state index in [-0.39, 0.29) is 5.11 Å². The topological polar surface area (TPSA) is 50.5 Å². The second kappa shape index (κ2) is 8.07. The summed E-state index contributed by atoms with van der Waals surface area (Å²) in [6.07, 6.45) is 5.38. The van der Waals surface area contributed by atoms with E-state index in [2.05, 4.69) is 10.2 Å². The number of nitrogens with one attached hydrogen (secondary N) is 1. The van der Waals surface area contributed by atoms with Crippen LogP contribution < -0.4 is 15.8 Å². The Morgan fingerprint density at radius 1 is 1.15 bits per heavy atom. The van der Waals surface area contributed by atoms with Gasteiger partial charge in [-0.25, -0.2) is 0 Å². The molecule has 0 bridgehead atoms. The van der Waals surface area contributed by atoms with E-state index in [0.29, 0.717) is 0 Å². The van der Waals surface area contributed by atoms with E-state index in [1.54, 1.807) is 0 Å². The summed E-state index contributed by atoms with van der Waals surface area (Å²) in [6, 6.07) is 7.70. The first-order chi connectivity index (χ1) is 9.74. The van der Waals surface area contributed by atoms with Crippen LogP contribution in [0.2, 0.25) is 0 Å². The van der Waals surface area contributed by atoms with Gasteiger partial charge in [0.15, 0.2) is 5.11 Å². The molecule has 2 rings (SSSR count). The molecule has 1 heterocycles. The first-order valence-corrected chi connectivity index (χ1v) is 7.66. The summed E-state index contributed by atoms with van der Waals surface area (Å²) in [4.78, 5) is 2.50. The SMILES string of the molecule is NC(=S)Nc1ccc(OCCN2CCCCCC2)cc1. The zero-order valence-corrected chi connectivity index (χ0v) is 12.6. The van der Waals surface area contributed by atoms with Crippen LogP contribution in [0.25, 0.3) is 0 Å². The summed E-state index contributed by atoms with van der Waals surface area (Å²) in [5, 5.41) is 3.17. The molecular formula is C15H23N3OS. The summed E-state index contributed by atoms with van der Waals surface area (Å²) in [5.74, 6) is 0.883. The minimum atomic E-state index is 0.278. The van der Waals surface area contributed by atoms with E-state index in [4.69, 9.17) is 22.7 Å². The monoisotopic (exact) mass is 293 g/mol. The highest BCUT2D eigenvalue weighted by Crippen LogP contribution is 2.16. The number of hydrogen-bond donors (Lipinski definition) is 2. The fourth-order valence-electron chi connectivity index (χ4n) is 2.43. The average molecular weight is 293 g/mol. The molecule has 1 saturated heterocycles. The number of nitrogens with zero attached hydrogens (tertiary/aromatic N) is 1. The van der Waals surface area contributed by atoms with Gasteiger partial charge in [0.05, 0.1) is 0 Å². The van der Waals surface area contributed by atoms with Crippen molar-refractivity contribution >= 4 is 23.0 Å². The highest BCUT2D eigenvalue weighted by Gasteiger charge is 2.08. The van der Waals surface area contributed by atoms with Crippen LogP contribution in [0.4, 0.5) is 5.69 Å². The van der Waals surface area contributed by atoms with Gasteiger partial charge in [-0.15, -0.1) is 0 Å². The van der Waals surface area contributed by atoms with Crippen LogP contribution in [0.15, 0.2) is 24.3 Å². The molecule has 0 saturated carbocycles. The third-order valence-corrected chi connectivity index (χ3v) is 3.60. The Bertz CT molecular complexity index is 414. The maximum atomic E-state index is 5.78. The maximum Gasteiger partial charge on any atom is 0.168 e. The van der Waals surface area contributed by atoms with Crippen LogP contribution in [0.1, 0.15) is 25.7 Å². The molecule has 110 valence electrons. The molecule has 20 heavy (non-hydrogen) atoms. The first kappa shape index (κ1) is 15.1. The zero-order chi connectivity index (χ0) is 14.2. The van der Waals surface area contributed by atoms with Crippen molar-refractivity contribution in [1.29, 1.82) is 0 Å². The van der Waals surface area contributed by atoms with Gasteiger partial charge in [0.2, 0.25) is 0 Å². The smallest absolute Gasteiger partial charge is 0.168 e. The first-order valence-electron chi connectivity index (χ1n) is 7.26. The van der Waals surface area contributed by atoms with Crippen molar-refractivity contribution in [3.8, 4) is 5.75 Å². The quantitative estimate of drug-likeness (QED) is 0.817. The molecule has 4 nitrogen and oxygen atoms in total. The van der Waals surface area contributed by atoms with Gasteiger partial charge in [-0.2, -0.15) is 0 Å². The lowest BCUT2D eigenvalue weighted by Gasteiger charge is -2.19. The summed E-state index contributed by atoms with van der Waals surface area (Å²) in [7, 11) is 0.